The Morgan fingerprint density at radius 2 is 1.77 bits per heavy atom. The summed E-state index contributed by atoms with van der Waals surface area (Å²) in [6.45, 7) is 1.48. The first-order chi connectivity index (χ1) is 28.6. The molecule has 7 atom stereocenters. The number of phenols is 1. The van der Waals surface area contributed by atoms with Crippen LogP contribution < -0.4 is 38.2 Å². The van der Waals surface area contributed by atoms with Gasteiger partial charge in [0, 0.05) is 61.2 Å². The number of carboxylic acids is 1. The van der Waals surface area contributed by atoms with Crippen LogP contribution in [0.1, 0.15) is 30.7 Å². The van der Waals surface area contributed by atoms with Crippen molar-refractivity contribution >= 4 is 52.4 Å². The maximum Gasteiger partial charge on any atom is 0.331 e. The van der Waals surface area contributed by atoms with Crippen LogP contribution >= 0.6 is 11.8 Å². The number of thioether (sulfide) groups is 1. The molecule has 0 bridgehead atoms. The van der Waals surface area contributed by atoms with Gasteiger partial charge >= 0.3 is 17.7 Å². The van der Waals surface area contributed by atoms with E-state index in [1.165, 1.54) is 42.8 Å². The number of carbonyl (C=O) groups excluding carboxylic acids is 4. The van der Waals surface area contributed by atoms with Crippen molar-refractivity contribution in [2.45, 2.75) is 68.7 Å². The van der Waals surface area contributed by atoms with Crippen LogP contribution in [0.3, 0.4) is 0 Å². The number of phenolic OH excluding ortho intramolecular Hbond substituents is 1. The number of para-hydroxylation sites is 1. The molecule has 0 aliphatic carbocycles. The highest BCUT2D eigenvalue weighted by atomic mass is 32.2. The van der Waals surface area contributed by atoms with E-state index in [0.29, 0.717) is 11.1 Å². The summed E-state index contributed by atoms with van der Waals surface area (Å²) in [5.74, 6) is -3.62. The molecule has 0 unspecified atom stereocenters. The molecule has 4 aromatic rings. The quantitative estimate of drug-likeness (QED) is 0.0647. The number of ether oxygens (including phenoxy) is 1. The maximum atomic E-state index is 13.9. The highest BCUT2D eigenvalue weighted by molar-refractivity contribution is 7.98. The van der Waals surface area contributed by atoms with Crippen LogP contribution in [-0.2, 0) is 36.8 Å². The summed E-state index contributed by atoms with van der Waals surface area (Å²) in [4.78, 5) is 97.1. The van der Waals surface area contributed by atoms with E-state index >= 15 is 0 Å². The largest absolute Gasteiger partial charge is 0.508 e. The van der Waals surface area contributed by atoms with Crippen LogP contribution in [0.5, 0.6) is 5.75 Å². The van der Waals surface area contributed by atoms with Crippen molar-refractivity contribution in [3.63, 3.8) is 0 Å². The topological polar surface area (TPSA) is 303 Å². The maximum absolute atomic E-state index is 13.9. The van der Waals surface area contributed by atoms with Gasteiger partial charge in [-0.2, -0.15) is 11.8 Å². The Morgan fingerprint density at radius 1 is 1.03 bits per heavy atom. The van der Waals surface area contributed by atoms with Crippen LogP contribution in [0.4, 0.5) is 4.79 Å². The second kappa shape index (κ2) is 19.9. The van der Waals surface area contributed by atoms with Gasteiger partial charge in [0.1, 0.15) is 35.7 Å². The number of hydrogen-bond donors (Lipinski definition) is 10. The molecule has 1 aliphatic rings. The van der Waals surface area contributed by atoms with E-state index in [0.717, 1.165) is 33.9 Å². The summed E-state index contributed by atoms with van der Waals surface area (Å²) in [5, 5.41) is 41.3. The van der Waals surface area contributed by atoms with Crippen LogP contribution in [0.15, 0.2) is 88.5 Å². The number of aromatic nitrogens is 3. The molecule has 20 nitrogen and oxygen atoms in total. The number of nitrogens with one attached hydrogen (secondary N) is 6. The first kappa shape index (κ1) is 44.5. The number of aliphatic carboxylic acids is 1. The van der Waals surface area contributed by atoms with Crippen molar-refractivity contribution < 1.29 is 44.0 Å². The number of H-pyrrole nitrogens is 2. The molecule has 21 heteroatoms. The van der Waals surface area contributed by atoms with Gasteiger partial charge in [-0.15, -0.1) is 0 Å². The van der Waals surface area contributed by atoms with Crippen LogP contribution in [0, 0.1) is 0 Å². The van der Waals surface area contributed by atoms with E-state index in [1.807, 2.05) is 18.2 Å². The number of carboxylic acid groups (broad SMARTS) is 1. The van der Waals surface area contributed by atoms with Crippen molar-refractivity contribution in [1.82, 2.24) is 40.7 Å². The summed E-state index contributed by atoms with van der Waals surface area (Å²) in [6.07, 6.45) is 2.90. The number of carbonyl (C=O) groups is 5. The number of aliphatic hydroxyl groups excluding tert-OH is 1. The molecule has 11 N–H and O–H groups in total. The molecule has 60 heavy (non-hydrogen) atoms. The molecule has 0 saturated carbocycles. The van der Waals surface area contributed by atoms with Crippen LogP contribution in [0.25, 0.3) is 10.9 Å². The highest BCUT2D eigenvalue weighted by Gasteiger charge is 2.37. The standard InChI is InChI=1S/C39H47N9O11S/c1-20(47(2)35(54)26(40)14-21-7-6-8-23(49)13-21)32(34(53)42-18-24-16-30(50)36(59-24)48-12-11-31(51)45-39(48)58)46-33(52)29(19-60-3)44-38(57)43-28(37(55)56)15-22-17-41-27-10-5-4-9-25(22)27/h4-13,17-18,20,26,28-30,32,36,41,49-50H,14-16,19,40H2,1-3H3,(H,42,53)(H,46,52)(H,55,56)(H2,43,44,57)(H,45,51,58)/b24-18-/t20-,26-,28-,29-,30+,32-,36+/m0/s1. The van der Waals surface area contributed by atoms with E-state index in [2.05, 4.69) is 31.2 Å². The predicted octanol–water partition coefficient (Wildman–Crippen LogP) is -0.411. The number of aromatic hydroxyl groups is 1. The predicted molar refractivity (Wildman–Crippen MR) is 220 cm³/mol. The van der Waals surface area contributed by atoms with Crippen molar-refractivity contribution in [1.29, 1.82) is 0 Å². The van der Waals surface area contributed by atoms with Crippen molar-refractivity contribution in [2.75, 3.05) is 19.1 Å². The Balaban J connectivity index is 1.33. The molecule has 1 aliphatic heterocycles. The molecule has 3 heterocycles. The SMILES string of the molecule is CSC[C@H](NC(=O)N[C@@H](Cc1c[nH]c2ccccc12)C(=O)O)C(=O)N[C@H](C(=O)N/C=C1/C[C@@H](O)[C@H](n2ccc(=O)[nH]c2=O)O1)[C@H](C)N(C)C(=O)[C@@H](N)Cc1cccc(O)c1. The third-order valence-corrected chi connectivity index (χ3v) is 10.5. The van der Waals surface area contributed by atoms with E-state index in [9.17, 15) is 48.9 Å². The van der Waals surface area contributed by atoms with Gasteiger partial charge in [0.25, 0.3) is 5.56 Å². The van der Waals surface area contributed by atoms with Gasteiger partial charge in [-0.3, -0.25) is 28.7 Å². The van der Waals surface area contributed by atoms with Gasteiger partial charge in [-0.05, 0) is 48.9 Å². The van der Waals surface area contributed by atoms with Gasteiger partial charge in [0.05, 0.1) is 12.1 Å². The van der Waals surface area contributed by atoms with Gasteiger partial charge in [-0.1, -0.05) is 30.3 Å². The summed E-state index contributed by atoms with van der Waals surface area (Å²) in [5.41, 5.74) is 6.78. The lowest BCUT2D eigenvalue weighted by Gasteiger charge is -2.34. The summed E-state index contributed by atoms with van der Waals surface area (Å²) in [6, 6.07) is 7.16. The van der Waals surface area contributed by atoms with Crippen molar-refractivity contribution in [3.8, 4) is 5.75 Å². The molecule has 1 saturated heterocycles. The molecule has 2 aromatic carbocycles. The van der Waals surface area contributed by atoms with E-state index < -0.39 is 83.5 Å². The van der Waals surface area contributed by atoms with Crippen molar-refractivity contribution in [2.24, 2.45) is 5.73 Å². The number of likely N-dealkylation sites (N-methyl/N-ethyl adjacent to an activating group) is 1. The fourth-order valence-electron chi connectivity index (χ4n) is 6.59. The monoisotopic (exact) mass is 849 g/mol. The Kier molecular flexibility index (Phi) is 14.8. The first-order valence-electron chi connectivity index (χ1n) is 18.7. The molecule has 2 aromatic heterocycles. The lowest BCUT2D eigenvalue weighted by molar-refractivity contribution is -0.139. The minimum Gasteiger partial charge on any atom is -0.508 e. The Bertz CT molecular complexity index is 2360. The smallest absolute Gasteiger partial charge is 0.331 e. The van der Waals surface area contributed by atoms with E-state index in [4.69, 9.17) is 10.5 Å². The number of amides is 5. The number of rotatable bonds is 17. The number of aliphatic hydroxyl groups is 1. The Hall–Kier alpha value is -6.58. The average molecular weight is 850 g/mol. The minimum atomic E-state index is -1.51. The molecule has 1 fully saturated rings. The van der Waals surface area contributed by atoms with Gasteiger partial charge in [-0.25, -0.2) is 14.4 Å². The molecule has 320 valence electrons. The third kappa shape index (κ3) is 11.1. The highest BCUT2D eigenvalue weighted by Crippen LogP contribution is 2.30. The van der Waals surface area contributed by atoms with Crippen molar-refractivity contribution in [3.05, 3.63) is 111 Å². The number of nitrogens with two attached hydrogens (primary N) is 1. The Labute approximate surface area is 346 Å². The van der Waals surface area contributed by atoms with Crippen LogP contribution in [-0.4, -0.2) is 120 Å². The van der Waals surface area contributed by atoms with E-state index in [-0.39, 0.29) is 36.5 Å². The normalized spacial score (nSPS) is 18.1. The lowest BCUT2D eigenvalue weighted by Crippen LogP contribution is -2.62. The zero-order chi connectivity index (χ0) is 43.7. The second-order valence-corrected chi connectivity index (χ2v) is 15.1. The fourth-order valence-corrected chi connectivity index (χ4v) is 7.16. The lowest BCUT2D eigenvalue weighted by atomic mass is 10.0. The molecular weight excluding hydrogens is 803 g/mol. The minimum absolute atomic E-state index is 0.00693. The molecule has 5 rings (SSSR count). The number of aromatic amines is 2. The van der Waals surface area contributed by atoms with Gasteiger partial charge in [0.2, 0.25) is 23.9 Å². The van der Waals surface area contributed by atoms with Gasteiger partial charge < -0.3 is 56.9 Å². The number of urea groups is 1. The zero-order valence-corrected chi connectivity index (χ0v) is 33.6. The number of nitrogens with zero attached hydrogens (tertiary/aromatic N) is 2. The van der Waals surface area contributed by atoms with E-state index in [1.54, 1.807) is 30.7 Å². The fraction of sp³-hybridized carbons (Fsp3) is 0.359. The third-order valence-electron chi connectivity index (χ3n) is 9.87. The second-order valence-electron chi connectivity index (χ2n) is 14.2. The molecular formula is C39H47N9O11S. The average Bonchev–Trinajstić information content (AvgIpc) is 3.79. The summed E-state index contributed by atoms with van der Waals surface area (Å²) < 4.78 is 6.67. The summed E-state index contributed by atoms with van der Waals surface area (Å²) in [7, 11) is 1.38. The summed E-state index contributed by atoms with van der Waals surface area (Å²) >= 11 is 1.18. The molecule has 0 radical (unpaired) electrons. The number of hydrogen-bond acceptors (Lipinski definition) is 12. The number of fused-ring (bicyclic) bond motifs is 1. The molecule has 0 spiro atoms. The first-order valence-corrected chi connectivity index (χ1v) is 20.1. The molecule has 5 amide bonds. The van der Waals surface area contributed by atoms with Gasteiger partial charge in [0.15, 0.2) is 0 Å². The zero-order valence-electron chi connectivity index (χ0n) is 32.8. The Morgan fingerprint density at radius 3 is 2.47 bits per heavy atom. The van der Waals surface area contributed by atoms with Crippen LogP contribution in [0.2, 0.25) is 0 Å². The number of benzene rings is 2.